The van der Waals surface area contributed by atoms with E-state index in [1.165, 1.54) is 0 Å². The Labute approximate surface area is 83.9 Å². The van der Waals surface area contributed by atoms with Gasteiger partial charge >= 0.3 is 10.3 Å². The van der Waals surface area contributed by atoms with Gasteiger partial charge in [-0.2, -0.15) is 13.1 Å². The van der Waals surface area contributed by atoms with Crippen molar-refractivity contribution in [3.05, 3.63) is 23.8 Å². The molecule has 1 saturated heterocycles. The molecular weight excluding hydrogens is 202 g/mol. The van der Waals surface area contributed by atoms with E-state index >= 15 is 0 Å². The van der Waals surface area contributed by atoms with E-state index < -0.39 is 10.3 Å². The summed E-state index contributed by atoms with van der Waals surface area (Å²) in [7, 11) is -3.54. The summed E-state index contributed by atoms with van der Waals surface area (Å²) >= 11 is 0. The minimum atomic E-state index is -3.54. The van der Waals surface area contributed by atoms with Gasteiger partial charge in [0.05, 0.1) is 12.1 Å². The summed E-state index contributed by atoms with van der Waals surface area (Å²) in [5.74, 6) is 0. The average Bonchev–Trinajstić information content (AvgIpc) is 2.51. The highest BCUT2D eigenvalue weighted by Gasteiger charge is 2.30. The van der Waals surface area contributed by atoms with Crippen molar-refractivity contribution in [1.29, 1.82) is 0 Å². The Morgan fingerprint density at radius 1 is 1.57 bits per heavy atom. The molecule has 5 heteroatoms. The number of nitrogens with one attached hydrogen (secondary N) is 1. The average molecular weight is 215 g/mol. The molecule has 2 aliphatic rings. The Kier molecular flexibility index (Phi) is 2.47. The van der Waals surface area contributed by atoms with Gasteiger partial charge in [0, 0.05) is 0 Å². The Balaban J connectivity index is 2.17. The molecule has 0 aromatic heterocycles. The third kappa shape index (κ3) is 2.05. The second kappa shape index (κ2) is 3.49. The van der Waals surface area contributed by atoms with Gasteiger partial charge in [0.15, 0.2) is 0 Å². The Hall–Kier alpha value is -0.650. The second-order valence-electron chi connectivity index (χ2n) is 3.61. The summed E-state index contributed by atoms with van der Waals surface area (Å²) in [4.78, 5) is 0. The Morgan fingerprint density at radius 2 is 2.36 bits per heavy atom. The summed E-state index contributed by atoms with van der Waals surface area (Å²) in [6.07, 6.45) is 7.35. The number of rotatable bonds is 1. The fraction of sp³-hybridized carbons (Fsp3) is 0.556. The van der Waals surface area contributed by atoms with Crippen LogP contribution in [0, 0.1) is 0 Å². The fourth-order valence-electron chi connectivity index (χ4n) is 1.78. The van der Waals surface area contributed by atoms with Crippen molar-refractivity contribution in [2.75, 3.05) is 0 Å². The van der Waals surface area contributed by atoms with Crippen molar-refractivity contribution < 1.29 is 12.6 Å². The molecule has 2 atom stereocenters. The van der Waals surface area contributed by atoms with Gasteiger partial charge in [-0.15, -0.1) is 0 Å². The standard InChI is InChI=1S/C9H13NO3S/c1-7-6-9(8-4-2-3-5-8)10-14(11,12)13-7/h2,4-5,7,9-10H,3,6H2,1H3/t7-,9?/m0/s1. The molecule has 4 nitrogen and oxygen atoms in total. The molecule has 1 fully saturated rings. The van der Waals surface area contributed by atoms with E-state index in [1.807, 2.05) is 18.2 Å². The van der Waals surface area contributed by atoms with Gasteiger partial charge in [-0.1, -0.05) is 18.2 Å². The first-order chi connectivity index (χ1) is 6.57. The van der Waals surface area contributed by atoms with E-state index in [-0.39, 0.29) is 12.1 Å². The van der Waals surface area contributed by atoms with Crippen LogP contribution in [0.1, 0.15) is 19.8 Å². The summed E-state index contributed by atoms with van der Waals surface area (Å²) in [6, 6.07) is -0.123. The van der Waals surface area contributed by atoms with Crippen LogP contribution < -0.4 is 4.72 Å². The predicted molar refractivity (Wildman–Crippen MR) is 52.8 cm³/mol. The maximum atomic E-state index is 11.2. The molecule has 78 valence electrons. The lowest BCUT2D eigenvalue weighted by atomic mass is 10.0. The first-order valence-corrected chi connectivity index (χ1v) is 6.05. The molecule has 0 aromatic rings. The summed E-state index contributed by atoms with van der Waals surface area (Å²) in [5.41, 5.74) is 1.05. The molecule has 1 unspecified atom stereocenters. The van der Waals surface area contributed by atoms with Gasteiger partial charge in [0.25, 0.3) is 0 Å². The van der Waals surface area contributed by atoms with E-state index in [0.717, 1.165) is 12.0 Å². The summed E-state index contributed by atoms with van der Waals surface area (Å²) in [5, 5.41) is 0. The zero-order valence-electron chi connectivity index (χ0n) is 7.93. The fourth-order valence-corrected chi connectivity index (χ4v) is 2.92. The molecule has 0 saturated carbocycles. The normalized spacial score (nSPS) is 35.6. The van der Waals surface area contributed by atoms with Crippen molar-refractivity contribution in [3.8, 4) is 0 Å². The SMILES string of the molecule is C[C@H]1CC(C2=CCC=C2)NS(=O)(=O)O1. The topological polar surface area (TPSA) is 55.4 Å². The van der Waals surface area contributed by atoms with Gasteiger partial charge in [0.1, 0.15) is 0 Å². The smallest absolute Gasteiger partial charge is 0.255 e. The van der Waals surface area contributed by atoms with Gasteiger partial charge in [0.2, 0.25) is 0 Å². The first-order valence-electron chi connectivity index (χ1n) is 4.64. The molecule has 14 heavy (non-hydrogen) atoms. The van der Waals surface area contributed by atoms with Crippen molar-refractivity contribution >= 4 is 10.3 Å². The molecule has 1 N–H and O–H groups in total. The zero-order valence-corrected chi connectivity index (χ0v) is 8.75. The van der Waals surface area contributed by atoms with Crippen LogP contribution in [-0.4, -0.2) is 20.6 Å². The van der Waals surface area contributed by atoms with Gasteiger partial charge in [-0.05, 0) is 25.3 Å². The largest absolute Gasteiger partial charge is 0.336 e. The predicted octanol–water partition coefficient (Wildman–Crippen LogP) is 0.884. The van der Waals surface area contributed by atoms with E-state index in [1.54, 1.807) is 6.92 Å². The van der Waals surface area contributed by atoms with Crippen LogP contribution in [0.4, 0.5) is 0 Å². The van der Waals surface area contributed by atoms with Crippen molar-refractivity contribution in [2.24, 2.45) is 0 Å². The highest BCUT2D eigenvalue weighted by Crippen LogP contribution is 2.22. The number of allylic oxidation sites excluding steroid dienone is 2. The van der Waals surface area contributed by atoms with E-state index in [0.29, 0.717) is 6.42 Å². The maximum absolute atomic E-state index is 11.2. The first kappa shape index (κ1) is 9.89. The minimum absolute atomic E-state index is 0.123. The molecule has 0 radical (unpaired) electrons. The summed E-state index contributed by atoms with van der Waals surface area (Å²) in [6.45, 7) is 1.77. The third-order valence-electron chi connectivity index (χ3n) is 2.35. The molecular formula is C9H13NO3S. The lowest BCUT2D eigenvalue weighted by Gasteiger charge is -2.28. The van der Waals surface area contributed by atoms with Crippen LogP contribution in [0.2, 0.25) is 0 Å². The highest BCUT2D eigenvalue weighted by atomic mass is 32.2. The monoisotopic (exact) mass is 215 g/mol. The number of hydrogen-bond donors (Lipinski definition) is 1. The van der Waals surface area contributed by atoms with Gasteiger partial charge < -0.3 is 0 Å². The second-order valence-corrected chi connectivity index (χ2v) is 4.95. The molecule has 1 aliphatic heterocycles. The lowest BCUT2D eigenvalue weighted by Crippen LogP contribution is -2.45. The molecule has 0 spiro atoms. The van der Waals surface area contributed by atoms with E-state index in [9.17, 15) is 8.42 Å². The lowest BCUT2D eigenvalue weighted by molar-refractivity contribution is 0.182. The van der Waals surface area contributed by atoms with Crippen LogP contribution in [0.25, 0.3) is 0 Å². The minimum Gasteiger partial charge on any atom is -0.255 e. The van der Waals surface area contributed by atoms with Gasteiger partial charge in [-0.3, -0.25) is 4.18 Å². The van der Waals surface area contributed by atoms with Crippen LogP contribution >= 0.6 is 0 Å². The maximum Gasteiger partial charge on any atom is 0.336 e. The molecule has 1 aliphatic carbocycles. The van der Waals surface area contributed by atoms with Crippen LogP contribution in [-0.2, 0) is 14.5 Å². The quantitative estimate of drug-likeness (QED) is 0.706. The molecule has 0 amide bonds. The van der Waals surface area contributed by atoms with Crippen molar-refractivity contribution in [2.45, 2.75) is 31.9 Å². The van der Waals surface area contributed by atoms with Crippen LogP contribution in [0.15, 0.2) is 23.8 Å². The Morgan fingerprint density at radius 3 is 2.93 bits per heavy atom. The number of hydrogen-bond acceptors (Lipinski definition) is 3. The van der Waals surface area contributed by atoms with E-state index in [4.69, 9.17) is 4.18 Å². The van der Waals surface area contributed by atoms with Crippen LogP contribution in [0.5, 0.6) is 0 Å². The Bertz CT molecular complexity index is 383. The van der Waals surface area contributed by atoms with Crippen molar-refractivity contribution in [1.82, 2.24) is 4.72 Å². The molecule has 0 bridgehead atoms. The van der Waals surface area contributed by atoms with Crippen LogP contribution in [0.3, 0.4) is 0 Å². The highest BCUT2D eigenvalue weighted by molar-refractivity contribution is 7.84. The third-order valence-corrected chi connectivity index (χ3v) is 3.50. The molecule has 2 rings (SSSR count). The molecule has 1 heterocycles. The summed E-state index contributed by atoms with van der Waals surface area (Å²) < 4.78 is 29.8. The molecule has 0 aromatic carbocycles. The van der Waals surface area contributed by atoms with E-state index in [2.05, 4.69) is 4.72 Å². The zero-order chi connectivity index (χ0) is 10.2. The van der Waals surface area contributed by atoms with Crippen molar-refractivity contribution in [3.63, 3.8) is 0 Å². The van der Waals surface area contributed by atoms with Gasteiger partial charge in [-0.25, -0.2) is 0 Å².